The Morgan fingerprint density at radius 1 is 1.57 bits per heavy atom. The molecule has 0 amide bonds. The van der Waals surface area contributed by atoms with Gasteiger partial charge in [0.2, 0.25) is 0 Å². The van der Waals surface area contributed by atoms with E-state index < -0.39 is 22.6 Å². The second-order valence-corrected chi connectivity index (χ2v) is 4.27. The van der Waals surface area contributed by atoms with Gasteiger partial charge in [0.25, 0.3) is 0 Å². The number of carboxylic acids is 1. The molecule has 0 aromatic heterocycles. The standard InChI is InChI=1S/C9H9FO3S/c1-14(13)5-6-2-3-7(9(11)12)8(10)4-6/h2-4H,5H2,1H3,(H,11,12). The second kappa shape index (κ2) is 4.32. The summed E-state index contributed by atoms with van der Waals surface area (Å²) in [5.41, 5.74) is 0.170. The molecule has 0 heterocycles. The third kappa shape index (κ3) is 2.63. The summed E-state index contributed by atoms with van der Waals surface area (Å²) in [5, 5.41) is 8.54. The van der Waals surface area contributed by atoms with Crippen molar-refractivity contribution in [3.63, 3.8) is 0 Å². The highest BCUT2D eigenvalue weighted by atomic mass is 32.2. The number of hydrogen-bond donors (Lipinski definition) is 1. The Kier molecular flexibility index (Phi) is 3.35. The van der Waals surface area contributed by atoms with Crippen molar-refractivity contribution in [3.05, 3.63) is 35.1 Å². The third-order valence-corrected chi connectivity index (χ3v) is 2.37. The van der Waals surface area contributed by atoms with E-state index in [1.165, 1.54) is 18.4 Å². The highest BCUT2D eigenvalue weighted by molar-refractivity contribution is 7.83. The van der Waals surface area contributed by atoms with Gasteiger partial charge in [-0.3, -0.25) is 4.21 Å². The molecule has 0 spiro atoms. The maximum Gasteiger partial charge on any atom is 0.338 e. The van der Waals surface area contributed by atoms with Gasteiger partial charge in [0.1, 0.15) is 5.82 Å². The summed E-state index contributed by atoms with van der Waals surface area (Å²) in [7, 11) is -1.06. The van der Waals surface area contributed by atoms with E-state index >= 15 is 0 Å². The summed E-state index contributed by atoms with van der Waals surface area (Å²) in [6.45, 7) is 0. The molecule has 0 aliphatic rings. The SMILES string of the molecule is CS(=O)Cc1ccc(C(=O)O)c(F)c1. The zero-order valence-corrected chi connectivity index (χ0v) is 8.31. The predicted molar refractivity (Wildman–Crippen MR) is 51.1 cm³/mol. The first-order chi connectivity index (χ1) is 6.50. The van der Waals surface area contributed by atoms with Crippen molar-refractivity contribution in [1.82, 2.24) is 0 Å². The van der Waals surface area contributed by atoms with E-state index in [1.807, 2.05) is 0 Å². The van der Waals surface area contributed by atoms with Crippen LogP contribution in [0.1, 0.15) is 15.9 Å². The molecule has 1 rings (SSSR count). The van der Waals surface area contributed by atoms with Gasteiger partial charge in [-0.2, -0.15) is 0 Å². The Hall–Kier alpha value is -1.23. The molecule has 0 radical (unpaired) electrons. The molecular formula is C9H9FO3S. The van der Waals surface area contributed by atoms with Crippen LogP contribution < -0.4 is 0 Å². The zero-order chi connectivity index (χ0) is 10.7. The summed E-state index contributed by atoms with van der Waals surface area (Å²) in [6, 6.07) is 3.75. The van der Waals surface area contributed by atoms with Gasteiger partial charge in [0.15, 0.2) is 0 Å². The van der Waals surface area contributed by atoms with Crippen LogP contribution in [0.15, 0.2) is 18.2 Å². The number of hydrogen-bond acceptors (Lipinski definition) is 2. The quantitative estimate of drug-likeness (QED) is 0.831. The maximum atomic E-state index is 13.1. The lowest BCUT2D eigenvalue weighted by atomic mass is 10.1. The summed E-state index contributed by atoms with van der Waals surface area (Å²) >= 11 is 0. The van der Waals surface area contributed by atoms with Gasteiger partial charge in [-0.25, -0.2) is 9.18 Å². The van der Waals surface area contributed by atoms with Crippen LogP contribution in [0.2, 0.25) is 0 Å². The Labute approximate surface area is 83.0 Å². The molecule has 0 aliphatic carbocycles. The van der Waals surface area contributed by atoms with Crippen molar-refractivity contribution in [1.29, 1.82) is 0 Å². The molecule has 76 valence electrons. The first kappa shape index (κ1) is 10.8. The number of carbonyl (C=O) groups is 1. The van der Waals surface area contributed by atoms with E-state index in [4.69, 9.17) is 5.11 Å². The van der Waals surface area contributed by atoms with Crippen molar-refractivity contribution < 1.29 is 18.5 Å². The monoisotopic (exact) mass is 216 g/mol. The Morgan fingerprint density at radius 3 is 2.64 bits per heavy atom. The van der Waals surface area contributed by atoms with Gasteiger partial charge >= 0.3 is 5.97 Å². The highest BCUT2D eigenvalue weighted by Crippen LogP contribution is 2.11. The average Bonchev–Trinajstić information content (AvgIpc) is 2.01. The molecule has 1 atom stereocenters. The average molecular weight is 216 g/mol. The van der Waals surface area contributed by atoms with Crippen molar-refractivity contribution in [2.24, 2.45) is 0 Å². The minimum absolute atomic E-state index is 0.233. The van der Waals surface area contributed by atoms with Crippen LogP contribution in [0.3, 0.4) is 0 Å². The normalized spacial score (nSPS) is 12.4. The first-order valence-corrected chi connectivity index (χ1v) is 5.55. The van der Waals surface area contributed by atoms with E-state index in [2.05, 4.69) is 0 Å². The van der Waals surface area contributed by atoms with Gasteiger partial charge in [-0.15, -0.1) is 0 Å². The maximum absolute atomic E-state index is 13.1. The molecule has 0 fully saturated rings. The summed E-state index contributed by atoms with van der Waals surface area (Å²) < 4.78 is 23.9. The summed E-state index contributed by atoms with van der Waals surface area (Å²) in [6.07, 6.45) is 1.50. The second-order valence-electron chi connectivity index (χ2n) is 2.84. The molecule has 14 heavy (non-hydrogen) atoms. The van der Waals surface area contributed by atoms with E-state index in [1.54, 1.807) is 0 Å². The summed E-state index contributed by atoms with van der Waals surface area (Å²) in [5.74, 6) is -1.86. The van der Waals surface area contributed by atoms with Gasteiger partial charge < -0.3 is 5.11 Å². The Balaban J connectivity index is 3.00. The van der Waals surface area contributed by atoms with Crippen LogP contribution in [-0.2, 0) is 16.6 Å². The fraction of sp³-hybridized carbons (Fsp3) is 0.222. The fourth-order valence-electron chi connectivity index (χ4n) is 1.06. The summed E-state index contributed by atoms with van der Waals surface area (Å²) in [4.78, 5) is 10.5. The number of aromatic carboxylic acids is 1. The largest absolute Gasteiger partial charge is 0.478 e. The van der Waals surface area contributed by atoms with Crippen LogP contribution in [0.25, 0.3) is 0 Å². The molecule has 3 nitrogen and oxygen atoms in total. The van der Waals surface area contributed by atoms with Gasteiger partial charge in [-0.05, 0) is 17.7 Å². The van der Waals surface area contributed by atoms with Crippen molar-refractivity contribution in [3.8, 4) is 0 Å². The number of benzene rings is 1. The van der Waals surface area contributed by atoms with Gasteiger partial charge in [0, 0.05) is 22.8 Å². The van der Waals surface area contributed by atoms with Crippen LogP contribution in [0.4, 0.5) is 4.39 Å². The number of carboxylic acid groups (broad SMARTS) is 1. The molecule has 1 unspecified atom stereocenters. The lowest BCUT2D eigenvalue weighted by Crippen LogP contribution is -2.02. The minimum atomic E-state index is -1.30. The molecule has 1 N–H and O–H groups in total. The van der Waals surface area contributed by atoms with E-state index in [0.29, 0.717) is 5.56 Å². The lowest BCUT2D eigenvalue weighted by molar-refractivity contribution is 0.0692. The minimum Gasteiger partial charge on any atom is -0.478 e. The molecular weight excluding hydrogens is 207 g/mol. The molecule has 0 saturated carbocycles. The van der Waals surface area contributed by atoms with Crippen LogP contribution in [0.5, 0.6) is 0 Å². The topological polar surface area (TPSA) is 54.4 Å². The molecule has 0 saturated heterocycles. The number of halogens is 1. The van der Waals surface area contributed by atoms with E-state index in [9.17, 15) is 13.4 Å². The molecule has 1 aromatic rings. The lowest BCUT2D eigenvalue weighted by Gasteiger charge is -2.01. The fourth-order valence-corrected chi connectivity index (χ4v) is 1.71. The van der Waals surface area contributed by atoms with E-state index in [0.717, 1.165) is 6.07 Å². The van der Waals surface area contributed by atoms with Gasteiger partial charge in [-0.1, -0.05) is 6.07 Å². The van der Waals surface area contributed by atoms with Gasteiger partial charge in [0.05, 0.1) is 5.56 Å². The smallest absolute Gasteiger partial charge is 0.338 e. The van der Waals surface area contributed by atoms with Crippen LogP contribution >= 0.6 is 0 Å². The first-order valence-electron chi connectivity index (χ1n) is 3.82. The van der Waals surface area contributed by atoms with Crippen molar-refractivity contribution in [2.45, 2.75) is 5.75 Å². The predicted octanol–water partition coefficient (Wildman–Crippen LogP) is 1.40. The van der Waals surface area contributed by atoms with Crippen LogP contribution in [0, 0.1) is 5.82 Å². The molecule has 5 heteroatoms. The highest BCUT2D eigenvalue weighted by Gasteiger charge is 2.10. The molecule has 0 bridgehead atoms. The number of rotatable bonds is 3. The molecule has 0 aliphatic heterocycles. The van der Waals surface area contributed by atoms with Crippen molar-refractivity contribution >= 4 is 16.8 Å². The van der Waals surface area contributed by atoms with Crippen LogP contribution in [-0.4, -0.2) is 21.5 Å². The molecule has 1 aromatic carbocycles. The Morgan fingerprint density at radius 2 is 2.21 bits per heavy atom. The van der Waals surface area contributed by atoms with E-state index in [-0.39, 0.29) is 11.3 Å². The van der Waals surface area contributed by atoms with Crippen molar-refractivity contribution in [2.75, 3.05) is 6.26 Å². The zero-order valence-electron chi connectivity index (χ0n) is 7.49. The Bertz CT molecular complexity index is 390. The third-order valence-electron chi connectivity index (χ3n) is 1.63.